The third-order valence-electron chi connectivity index (χ3n) is 3.53. The Balaban J connectivity index is 2.03. The Hall–Kier alpha value is -2.17. The topological polar surface area (TPSA) is 66.3 Å². The van der Waals surface area contributed by atoms with Crippen molar-refractivity contribution in [3.63, 3.8) is 0 Å². The molecule has 1 aliphatic heterocycles. The van der Waals surface area contributed by atoms with Gasteiger partial charge >= 0.3 is 5.97 Å². The number of carbonyl (C=O) groups is 1. The van der Waals surface area contributed by atoms with Crippen molar-refractivity contribution >= 4 is 22.7 Å². The second-order valence-corrected chi connectivity index (χ2v) is 4.88. The molecule has 19 heavy (non-hydrogen) atoms. The van der Waals surface area contributed by atoms with Gasteiger partial charge in [-0.2, -0.15) is 0 Å². The van der Waals surface area contributed by atoms with E-state index in [0.29, 0.717) is 18.8 Å². The smallest absolute Gasteiger partial charge is 0.308 e. The average molecular weight is 257 g/mol. The van der Waals surface area contributed by atoms with E-state index in [0.717, 1.165) is 23.3 Å². The highest BCUT2D eigenvalue weighted by molar-refractivity contribution is 5.90. The van der Waals surface area contributed by atoms with Gasteiger partial charge in [-0.1, -0.05) is 12.1 Å². The first-order chi connectivity index (χ1) is 9.15. The van der Waals surface area contributed by atoms with Crippen molar-refractivity contribution in [2.75, 3.05) is 18.0 Å². The van der Waals surface area contributed by atoms with E-state index in [-0.39, 0.29) is 5.92 Å². The van der Waals surface area contributed by atoms with Crippen LogP contribution in [0.1, 0.15) is 12.2 Å². The minimum Gasteiger partial charge on any atom is -0.481 e. The highest BCUT2D eigenvalue weighted by atomic mass is 16.4. The molecule has 1 aromatic heterocycles. The van der Waals surface area contributed by atoms with Gasteiger partial charge < -0.3 is 10.0 Å². The molecule has 0 aliphatic carbocycles. The molecule has 1 atom stereocenters. The number of rotatable bonds is 2. The summed E-state index contributed by atoms with van der Waals surface area (Å²) in [5, 5.41) is 10.1. The summed E-state index contributed by atoms with van der Waals surface area (Å²) in [7, 11) is 0. The maximum Gasteiger partial charge on any atom is 0.308 e. The fourth-order valence-electron chi connectivity index (χ4n) is 2.57. The number of carboxylic acid groups (broad SMARTS) is 1. The summed E-state index contributed by atoms with van der Waals surface area (Å²) < 4.78 is 0. The Labute approximate surface area is 110 Å². The van der Waals surface area contributed by atoms with Crippen molar-refractivity contribution in [2.45, 2.75) is 13.3 Å². The molecule has 1 aliphatic rings. The Morgan fingerprint density at radius 1 is 1.37 bits per heavy atom. The third-order valence-corrected chi connectivity index (χ3v) is 3.53. The van der Waals surface area contributed by atoms with Gasteiger partial charge in [0.1, 0.15) is 11.6 Å². The number of hydrogen-bond acceptors (Lipinski definition) is 4. The van der Waals surface area contributed by atoms with E-state index in [2.05, 4.69) is 14.9 Å². The standard InChI is InChI=1S/C14H15N3O2/c1-9-15-12-5-3-2-4-11(12)13(16-9)17-7-6-10(8-17)14(18)19/h2-5,10H,6-8H2,1H3,(H,18,19)/t10-/m1/s1. The molecule has 0 spiro atoms. The average Bonchev–Trinajstić information content (AvgIpc) is 2.87. The van der Waals surface area contributed by atoms with Crippen molar-refractivity contribution in [1.29, 1.82) is 0 Å². The van der Waals surface area contributed by atoms with Gasteiger partial charge in [0.25, 0.3) is 0 Å². The predicted octanol–water partition coefficient (Wildman–Crippen LogP) is 1.85. The van der Waals surface area contributed by atoms with Gasteiger partial charge in [0.2, 0.25) is 0 Å². The van der Waals surface area contributed by atoms with E-state index in [1.165, 1.54) is 0 Å². The summed E-state index contributed by atoms with van der Waals surface area (Å²) in [6.45, 7) is 3.12. The van der Waals surface area contributed by atoms with Gasteiger partial charge in [0.15, 0.2) is 0 Å². The molecule has 2 heterocycles. The highest BCUT2D eigenvalue weighted by Gasteiger charge is 2.29. The van der Waals surface area contributed by atoms with Crippen LogP contribution in [0.5, 0.6) is 0 Å². The van der Waals surface area contributed by atoms with Gasteiger partial charge in [-0.25, -0.2) is 9.97 Å². The number of carboxylic acids is 1. The monoisotopic (exact) mass is 257 g/mol. The lowest BCUT2D eigenvalue weighted by Gasteiger charge is -2.19. The number of benzene rings is 1. The van der Waals surface area contributed by atoms with Gasteiger partial charge in [0.05, 0.1) is 11.4 Å². The molecule has 2 aromatic rings. The molecule has 1 aromatic carbocycles. The number of anilines is 1. The molecule has 0 radical (unpaired) electrons. The van der Waals surface area contributed by atoms with Gasteiger partial charge in [-0.3, -0.25) is 4.79 Å². The lowest BCUT2D eigenvalue weighted by molar-refractivity contribution is -0.140. The van der Waals surface area contributed by atoms with E-state index in [9.17, 15) is 4.79 Å². The highest BCUT2D eigenvalue weighted by Crippen LogP contribution is 2.28. The Morgan fingerprint density at radius 2 is 2.16 bits per heavy atom. The van der Waals surface area contributed by atoms with Crippen LogP contribution in [0.25, 0.3) is 10.9 Å². The lowest BCUT2D eigenvalue weighted by Crippen LogP contribution is -2.24. The van der Waals surface area contributed by atoms with Crippen molar-refractivity contribution in [2.24, 2.45) is 5.92 Å². The summed E-state index contributed by atoms with van der Waals surface area (Å²) in [6.07, 6.45) is 0.673. The van der Waals surface area contributed by atoms with Crippen LogP contribution >= 0.6 is 0 Å². The first-order valence-corrected chi connectivity index (χ1v) is 6.36. The summed E-state index contributed by atoms with van der Waals surface area (Å²) >= 11 is 0. The van der Waals surface area contributed by atoms with Crippen LogP contribution in [0.2, 0.25) is 0 Å². The van der Waals surface area contributed by atoms with Crippen LogP contribution < -0.4 is 4.90 Å². The summed E-state index contributed by atoms with van der Waals surface area (Å²) in [4.78, 5) is 22.0. The molecule has 1 saturated heterocycles. The maximum atomic E-state index is 11.0. The van der Waals surface area contributed by atoms with Gasteiger partial charge in [0, 0.05) is 18.5 Å². The number of aryl methyl sites for hydroxylation is 1. The van der Waals surface area contributed by atoms with Crippen molar-refractivity contribution in [1.82, 2.24) is 9.97 Å². The number of nitrogens with zero attached hydrogens (tertiary/aromatic N) is 3. The van der Waals surface area contributed by atoms with Crippen LogP contribution in [-0.4, -0.2) is 34.1 Å². The number of aliphatic carboxylic acids is 1. The van der Waals surface area contributed by atoms with Crippen LogP contribution in [0.15, 0.2) is 24.3 Å². The largest absolute Gasteiger partial charge is 0.481 e. The first kappa shape index (κ1) is 11.9. The molecule has 98 valence electrons. The molecular formula is C14H15N3O2. The van der Waals surface area contributed by atoms with E-state index in [1.807, 2.05) is 31.2 Å². The lowest BCUT2D eigenvalue weighted by atomic mass is 10.1. The van der Waals surface area contributed by atoms with Crippen LogP contribution in [0.4, 0.5) is 5.82 Å². The molecule has 5 nitrogen and oxygen atoms in total. The Bertz CT molecular complexity index is 642. The molecule has 5 heteroatoms. The molecule has 3 rings (SSSR count). The Kier molecular flexibility index (Phi) is 2.81. The number of para-hydroxylation sites is 1. The first-order valence-electron chi connectivity index (χ1n) is 6.36. The number of hydrogen-bond donors (Lipinski definition) is 1. The minimum atomic E-state index is -0.724. The fourth-order valence-corrected chi connectivity index (χ4v) is 2.57. The Morgan fingerprint density at radius 3 is 2.89 bits per heavy atom. The second kappa shape index (κ2) is 4.50. The van der Waals surface area contributed by atoms with E-state index >= 15 is 0 Å². The van der Waals surface area contributed by atoms with Gasteiger partial charge in [-0.15, -0.1) is 0 Å². The fraction of sp³-hybridized carbons (Fsp3) is 0.357. The minimum absolute atomic E-state index is 0.297. The van der Waals surface area contributed by atoms with Crippen LogP contribution in [0, 0.1) is 12.8 Å². The molecular weight excluding hydrogens is 242 g/mol. The van der Waals surface area contributed by atoms with Gasteiger partial charge in [-0.05, 0) is 25.5 Å². The SMILES string of the molecule is Cc1nc(N2CC[C@@H](C(=O)O)C2)c2ccccc2n1. The number of fused-ring (bicyclic) bond motifs is 1. The normalized spacial score (nSPS) is 19.0. The summed E-state index contributed by atoms with van der Waals surface area (Å²) in [5.74, 6) is 0.547. The zero-order valence-electron chi connectivity index (χ0n) is 10.7. The summed E-state index contributed by atoms with van der Waals surface area (Å²) in [6, 6.07) is 7.84. The van der Waals surface area contributed by atoms with Crippen LogP contribution in [0.3, 0.4) is 0 Å². The van der Waals surface area contributed by atoms with E-state index < -0.39 is 5.97 Å². The molecule has 0 unspecified atom stereocenters. The zero-order chi connectivity index (χ0) is 13.4. The second-order valence-electron chi connectivity index (χ2n) is 4.88. The third kappa shape index (κ3) is 2.12. The van der Waals surface area contributed by atoms with Crippen LogP contribution in [-0.2, 0) is 4.79 Å². The molecule has 0 saturated carbocycles. The molecule has 1 N–H and O–H groups in total. The summed E-state index contributed by atoms with van der Waals surface area (Å²) in [5.41, 5.74) is 0.906. The molecule has 0 bridgehead atoms. The maximum absolute atomic E-state index is 11.0. The molecule has 0 amide bonds. The quantitative estimate of drug-likeness (QED) is 0.889. The number of aromatic nitrogens is 2. The zero-order valence-corrected chi connectivity index (χ0v) is 10.7. The van der Waals surface area contributed by atoms with Crippen molar-refractivity contribution < 1.29 is 9.90 Å². The van der Waals surface area contributed by atoms with Crippen molar-refractivity contribution in [3.8, 4) is 0 Å². The van der Waals surface area contributed by atoms with E-state index in [1.54, 1.807) is 0 Å². The van der Waals surface area contributed by atoms with E-state index in [4.69, 9.17) is 5.11 Å². The van der Waals surface area contributed by atoms with Crippen molar-refractivity contribution in [3.05, 3.63) is 30.1 Å². The predicted molar refractivity (Wildman–Crippen MR) is 72.2 cm³/mol. The molecule has 1 fully saturated rings.